The Morgan fingerprint density at radius 1 is 1.17 bits per heavy atom. The highest BCUT2D eigenvalue weighted by Gasteiger charge is 2.31. The Balaban J connectivity index is 1.65. The first-order valence-corrected chi connectivity index (χ1v) is 8.14. The van der Waals surface area contributed by atoms with Gasteiger partial charge in [-0.2, -0.15) is 0 Å². The molecule has 2 rings (SSSR count). The zero-order valence-corrected chi connectivity index (χ0v) is 11.2. The van der Waals surface area contributed by atoms with Crippen LogP contribution in [-0.2, 0) is 14.6 Å². The molecule has 2 atom stereocenters. The molecule has 2 saturated heterocycles. The van der Waals surface area contributed by atoms with Crippen LogP contribution in [0.25, 0.3) is 0 Å². The minimum atomic E-state index is -2.98. The van der Waals surface area contributed by atoms with Gasteiger partial charge in [-0.05, 0) is 25.7 Å². The Kier molecular flexibility index (Phi) is 4.45. The number of hydrogen-bond donors (Lipinski definition) is 2. The summed E-state index contributed by atoms with van der Waals surface area (Å²) >= 11 is 0. The summed E-state index contributed by atoms with van der Waals surface area (Å²) in [7, 11) is -2.98. The van der Waals surface area contributed by atoms with Crippen LogP contribution in [0.5, 0.6) is 0 Å². The molecule has 6 nitrogen and oxygen atoms in total. The highest BCUT2D eigenvalue weighted by molar-refractivity contribution is 7.92. The standard InChI is InChI=1S/C11H20N2O4S/c14-11(12-7-9-3-1-5-17-9)13-8-10-4-2-6-18(10,15)16/h9-10H,1-8H2,(H2,12,13,14)/t9-,10-/m0/s1. The zero-order valence-electron chi connectivity index (χ0n) is 10.4. The lowest BCUT2D eigenvalue weighted by atomic mass is 10.2. The van der Waals surface area contributed by atoms with Crippen molar-refractivity contribution < 1.29 is 17.9 Å². The van der Waals surface area contributed by atoms with E-state index in [1.807, 2.05) is 0 Å². The molecule has 0 unspecified atom stereocenters. The summed E-state index contributed by atoms with van der Waals surface area (Å²) in [5.74, 6) is 0.247. The van der Waals surface area contributed by atoms with Gasteiger partial charge in [-0.15, -0.1) is 0 Å². The largest absolute Gasteiger partial charge is 0.376 e. The Bertz CT molecular complexity index is 390. The van der Waals surface area contributed by atoms with Gasteiger partial charge in [0.1, 0.15) is 0 Å². The highest BCUT2D eigenvalue weighted by atomic mass is 32.2. The van der Waals surface area contributed by atoms with Crippen LogP contribution < -0.4 is 10.6 Å². The van der Waals surface area contributed by atoms with E-state index in [-0.39, 0.29) is 24.4 Å². The van der Waals surface area contributed by atoms with E-state index < -0.39 is 15.1 Å². The van der Waals surface area contributed by atoms with Crippen molar-refractivity contribution in [3.63, 3.8) is 0 Å². The Labute approximate surface area is 107 Å². The van der Waals surface area contributed by atoms with Gasteiger partial charge < -0.3 is 15.4 Å². The molecule has 2 amide bonds. The Morgan fingerprint density at radius 2 is 1.94 bits per heavy atom. The van der Waals surface area contributed by atoms with Crippen molar-refractivity contribution in [1.82, 2.24) is 10.6 Å². The molecule has 2 aliphatic rings. The van der Waals surface area contributed by atoms with Crippen LogP contribution in [0.3, 0.4) is 0 Å². The van der Waals surface area contributed by atoms with Crippen molar-refractivity contribution in [1.29, 1.82) is 0 Å². The maximum absolute atomic E-state index is 11.5. The predicted molar refractivity (Wildman–Crippen MR) is 67.2 cm³/mol. The predicted octanol–water partition coefficient (Wildman–Crippen LogP) is 0.0418. The second kappa shape index (κ2) is 5.88. The van der Waals surface area contributed by atoms with E-state index in [0.717, 1.165) is 19.4 Å². The van der Waals surface area contributed by atoms with Crippen LogP contribution in [0, 0.1) is 0 Å². The molecule has 0 bridgehead atoms. The van der Waals surface area contributed by atoms with Crippen molar-refractivity contribution in [2.24, 2.45) is 0 Å². The van der Waals surface area contributed by atoms with E-state index in [1.165, 1.54) is 0 Å². The minimum Gasteiger partial charge on any atom is -0.376 e. The third-order valence-corrected chi connectivity index (χ3v) is 5.74. The molecule has 2 heterocycles. The monoisotopic (exact) mass is 276 g/mol. The quantitative estimate of drug-likeness (QED) is 0.759. The number of rotatable bonds is 4. The van der Waals surface area contributed by atoms with Crippen LogP contribution in [0.2, 0.25) is 0 Å². The van der Waals surface area contributed by atoms with Gasteiger partial charge in [-0.25, -0.2) is 13.2 Å². The first-order valence-electron chi connectivity index (χ1n) is 6.43. The summed E-state index contributed by atoms with van der Waals surface area (Å²) in [6, 6.07) is -0.312. The van der Waals surface area contributed by atoms with Crippen LogP contribution in [-0.4, -0.2) is 51.3 Å². The van der Waals surface area contributed by atoms with E-state index in [4.69, 9.17) is 4.74 Å². The van der Waals surface area contributed by atoms with E-state index in [9.17, 15) is 13.2 Å². The lowest BCUT2D eigenvalue weighted by Crippen LogP contribution is -2.43. The minimum absolute atomic E-state index is 0.103. The van der Waals surface area contributed by atoms with Crippen molar-refractivity contribution in [2.75, 3.05) is 25.4 Å². The Hall–Kier alpha value is -0.820. The van der Waals surface area contributed by atoms with Gasteiger partial charge >= 0.3 is 6.03 Å². The van der Waals surface area contributed by atoms with Crippen LogP contribution in [0.4, 0.5) is 4.79 Å². The summed E-state index contributed by atoms with van der Waals surface area (Å²) in [5, 5.41) is 4.91. The summed E-state index contributed by atoms with van der Waals surface area (Å²) in [5.41, 5.74) is 0. The Morgan fingerprint density at radius 3 is 2.56 bits per heavy atom. The molecule has 104 valence electrons. The molecule has 0 saturated carbocycles. The zero-order chi connectivity index (χ0) is 13.0. The molecular formula is C11H20N2O4S. The third-order valence-electron chi connectivity index (χ3n) is 3.47. The fourth-order valence-corrected chi connectivity index (χ4v) is 4.13. The SMILES string of the molecule is O=C(NC[C@@H]1CCCO1)NC[C@@H]1CCCS1(=O)=O. The number of nitrogens with one attached hydrogen (secondary N) is 2. The van der Waals surface area contributed by atoms with Crippen LogP contribution >= 0.6 is 0 Å². The van der Waals surface area contributed by atoms with Gasteiger partial charge in [0, 0.05) is 19.7 Å². The number of urea groups is 1. The van der Waals surface area contributed by atoms with Gasteiger partial charge in [0.25, 0.3) is 0 Å². The number of carbonyl (C=O) groups excluding carboxylic acids is 1. The molecule has 2 N–H and O–H groups in total. The number of sulfone groups is 1. The lowest BCUT2D eigenvalue weighted by molar-refractivity contribution is 0.111. The average molecular weight is 276 g/mol. The second-order valence-corrected chi connectivity index (χ2v) is 7.26. The van der Waals surface area contributed by atoms with E-state index >= 15 is 0 Å². The smallest absolute Gasteiger partial charge is 0.314 e. The molecule has 0 aromatic carbocycles. The first-order chi connectivity index (χ1) is 8.58. The molecule has 0 aromatic rings. The van der Waals surface area contributed by atoms with Gasteiger partial charge in [0.05, 0.1) is 17.1 Å². The molecule has 0 aromatic heterocycles. The summed E-state index contributed by atoms with van der Waals surface area (Å²) in [4.78, 5) is 11.5. The van der Waals surface area contributed by atoms with Crippen molar-refractivity contribution in [3.8, 4) is 0 Å². The number of amides is 2. The van der Waals surface area contributed by atoms with Crippen molar-refractivity contribution in [2.45, 2.75) is 37.0 Å². The number of hydrogen-bond acceptors (Lipinski definition) is 4. The normalized spacial score (nSPS) is 30.2. The molecule has 2 aliphatic heterocycles. The lowest BCUT2D eigenvalue weighted by Gasteiger charge is -2.13. The topological polar surface area (TPSA) is 84.5 Å². The fourth-order valence-electron chi connectivity index (χ4n) is 2.37. The van der Waals surface area contributed by atoms with Crippen molar-refractivity contribution in [3.05, 3.63) is 0 Å². The van der Waals surface area contributed by atoms with Gasteiger partial charge in [0.2, 0.25) is 0 Å². The molecule has 2 fully saturated rings. The number of carbonyl (C=O) groups is 1. The third kappa shape index (κ3) is 3.58. The second-order valence-electron chi connectivity index (χ2n) is 4.86. The maximum atomic E-state index is 11.5. The molecule has 0 spiro atoms. The van der Waals surface area contributed by atoms with Crippen LogP contribution in [0.1, 0.15) is 25.7 Å². The molecule has 0 aliphatic carbocycles. The van der Waals surface area contributed by atoms with E-state index in [2.05, 4.69) is 10.6 Å². The van der Waals surface area contributed by atoms with Crippen molar-refractivity contribution >= 4 is 15.9 Å². The highest BCUT2D eigenvalue weighted by Crippen LogP contribution is 2.18. The van der Waals surface area contributed by atoms with Gasteiger partial charge in [-0.3, -0.25) is 0 Å². The summed E-state index contributed by atoms with van der Waals surface area (Å²) in [6.07, 6.45) is 3.46. The summed E-state index contributed by atoms with van der Waals surface area (Å²) < 4.78 is 28.5. The summed E-state index contributed by atoms with van der Waals surface area (Å²) in [6.45, 7) is 1.46. The van der Waals surface area contributed by atoms with E-state index in [0.29, 0.717) is 19.4 Å². The van der Waals surface area contributed by atoms with Gasteiger partial charge in [-0.1, -0.05) is 0 Å². The molecule has 18 heavy (non-hydrogen) atoms. The maximum Gasteiger partial charge on any atom is 0.314 e. The first kappa shape index (κ1) is 13.6. The number of ether oxygens (including phenoxy) is 1. The molecule has 0 radical (unpaired) electrons. The molecular weight excluding hydrogens is 256 g/mol. The van der Waals surface area contributed by atoms with Gasteiger partial charge in [0.15, 0.2) is 9.84 Å². The molecule has 7 heteroatoms. The van der Waals surface area contributed by atoms with Crippen LogP contribution in [0.15, 0.2) is 0 Å². The fraction of sp³-hybridized carbons (Fsp3) is 0.909. The average Bonchev–Trinajstić information content (AvgIpc) is 2.93. The van der Waals surface area contributed by atoms with E-state index in [1.54, 1.807) is 0 Å².